The van der Waals surface area contributed by atoms with Crippen LogP contribution in [0.4, 0.5) is 0 Å². The van der Waals surface area contributed by atoms with E-state index in [1.54, 1.807) is 6.07 Å². The Morgan fingerprint density at radius 2 is 1.95 bits per heavy atom. The van der Waals surface area contributed by atoms with Crippen LogP contribution in [-0.2, 0) is 13.0 Å². The fraction of sp³-hybridized carbons (Fsp3) is 0.214. The van der Waals surface area contributed by atoms with Crippen molar-refractivity contribution < 1.29 is 4.79 Å². The van der Waals surface area contributed by atoms with Crippen molar-refractivity contribution in [1.29, 1.82) is 0 Å². The van der Waals surface area contributed by atoms with Gasteiger partial charge in [0.2, 0.25) is 0 Å². The van der Waals surface area contributed by atoms with Crippen LogP contribution in [0.3, 0.4) is 0 Å². The smallest absolute Gasteiger partial charge is 0.198 e. The summed E-state index contributed by atoms with van der Waals surface area (Å²) in [5, 5.41) is 0. The Bertz CT molecular complexity index is 556. The molecule has 19 heavy (non-hydrogen) atoms. The Kier molecular flexibility index (Phi) is 4.33. The van der Waals surface area contributed by atoms with E-state index in [9.17, 15) is 4.79 Å². The summed E-state index contributed by atoms with van der Waals surface area (Å²) in [6.45, 7) is 0.203. The van der Waals surface area contributed by atoms with Crippen molar-refractivity contribution in [3.63, 3.8) is 0 Å². The molecule has 1 aromatic carbocycles. The van der Waals surface area contributed by atoms with E-state index in [0.29, 0.717) is 17.9 Å². The molecule has 1 aromatic heterocycles. The number of Topliss-reactive ketones (excluding diaryl/α,β-unsaturated/α-hetero) is 1. The number of benzene rings is 1. The van der Waals surface area contributed by atoms with Crippen LogP contribution in [0.2, 0.25) is 0 Å². The van der Waals surface area contributed by atoms with Gasteiger partial charge in [0.15, 0.2) is 5.78 Å². The third kappa shape index (κ3) is 3.43. The number of aromatic nitrogens is 2. The van der Waals surface area contributed by atoms with E-state index in [1.165, 1.54) is 6.20 Å². The molecular formula is C14H16N4O. The van der Waals surface area contributed by atoms with Crippen LogP contribution in [0.15, 0.2) is 42.6 Å². The standard InChI is InChI=1S/C14H16N4O/c15-9-13-17-7-6-12(18-13)14(19)11(16)8-10-4-2-1-3-5-10/h1-7,11H,8-9,15-16H2. The second kappa shape index (κ2) is 6.17. The molecule has 0 saturated carbocycles. The normalized spacial score (nSPS) is 12.1. The van der Waals surface area contributed by atoms with Gasteiger partial charge in [-0.15, -0.1) is 0 Å². The first-order valence-corrected chi connectivity index (χ1v) is 6.06. The summed E-state index contributed by atoms with van der Waals surface area (Å²) in [5.74, 6) is 0.249. The first kappa shape index (κ1) is 13.3. The van der Waals surface area contributed by atoms with Crippen molar-refractivity contribution >= 4 is 5.78 Å². The second-order valence-electron chi connectivity index (χ2n) is 4.22. The van der Waals surface area contributed by atoms with Crippen LogP contribution in [-0.4, -0.2) is 21.8 Å². The van der Waals surface area contributed by atoms with E-state index in [4.69, 9.17) is 11.5 Å². The van der Waals surface area contributed by atoms with Crippen LogP contribution in [0.25, 0.3) is 0 Å². The number of hydrogen-bond donors (Lipinski definition) is 2. The minimum absolute atomic E-state index is 0.194. The summed E-state index contributed by atoms with van der Waals surface area (Å²) in [7, 11) is 0. The van der Waals surface area contributed by atoms with Crippen LogP contribution < -0.4 is 11.5 Å². The number of rotatable bonds is 5. The van der Waals surface area contributed by atoms with Crippen LogP contribution >= 0.6 is 0 Å². The lowest BCUT2D eigenvalue weighted by molar-refractivity contribution is 0.0955. The zero-order chi connectivity index (χ0) is 13.7. The first-order valence-electron chi connectivity index (χ1n) is 6.06. The Morgan fingerprint density at radius 3 is 2.63 bits per heavy atom. The molecule has 4 N–H and O–H groups in total. The van der Waals surface area contributed by atoms with Crippen molar-refractivity contribution in [2.24, 2.45) is 11.5 Å². The molecule has 0 spiro atoms. The average molecular weight is 256 g/mol. The average Bonchev–Trinajstić information content (AvgIpc) is 2.47. The quantitative estimate of drug-likeness (QED) is 0.767. The molecule has 0 aliphatic rings. The lowest BCUT2D eigenvalue weighted by Gasteiger charge is -2.10. The number of carbonyl (C=O) groups is 1. The molecule has 0 bridgehead atoms. The lowest BCUT2D eigenvalue weighted by Crippen LogP contribution is -2.33. The maximum absolute atomic E-state index is 12.2. The lowest BCUT2D eigenvalue weighted by atomic mass is 10.0. The van der Waals surface area contributed by atoms with Gasteiger partial charge in [0.25, 0.3) is 0 Å². The maximum atomic E-state index is 12.2. The molecule has 1 atom stereocenters. The highest BCUT2D eigenvalue weighted by atomic mass is 16.1. The second-order valence-corrected chi connectivity index (χ2v) is 4.22. The molecule has 0 fully saturated rings. The van der Waals surface area contributed by atoms with Crippen molar-refractivity contribution in [2.45, 2.75) is 19.0 Å². The fourth-order valence-electron chi connectivity index (χ4n) is 1.79. The number of carbonyl (C=O) groups excluding carboxylic acids is 1. The molecule has 0 saturated heterocycles. The summed E-state index contributed by atoms with van der Waals surface area (Å²) in [4.78, 5) is 20.2. The molecule has 5 nitrogen and oxygen atoms in total. The van der Waals surface area contributed by atoms with E-state index < -0.39 is 6.04 Å². The highest BCUT2D eigenvalue weighted by molar-refractivity contribution is 5.98. The highest BCUT2D eigenvalue weighted by Gasteiger charge is 2.17. The number of ketones is 1. The van der Waals surface area contributed by atoms with E-state index >= 15 is 0 Å². The van der Waals surface area contributed by atoms with Crippen molar-refractivity contribution in [1.82, 2.24) is 9.97 Å². The number of hydrogen-bond acceptors (Lipinski definition) is 5. The molecule has 5 heteroatoms. The van der Waals surface area contributed by atoms with E-state index in [-0.39, 0.29) is 12.3 Å². The molecule has 0 amide bonds. The SMILES string of the molecule is NCc1nccc(C(=O)C(N)Cc2ccccc2)n1. The molecule has 0 aliphatic carbocycles. The van der Waals surface area contributed by atoms with Gasteiger partial charge in [-0.25, -0.2) is 9.97 Å². The topological polar surface area (TPSA) is 94.9 Å². The largest absolute Gasteiger partial charge is 0.324 e. The van der Waals surface area contributed by atoms with Gasteiger partial charge in [-0.2, -0.15) is 0 Å². The van der Waals surface area contributed by atoms with Crippen molar-refractivity contribution in [3.8, 4) is 0 Å². The van der Waals surface area contributed by atoms with Crippen LogP contribution in [0.1, 0.15) is 21.9 Å². The van der Waals surface area contributed by atoms with Crippen LogP contribution in [0, 0.1) is 0 Å². The molecular weight excluding hydrogens is 240 g/mol. The highest BCUT2D eigenvalue weighted by Crippen LogP contribution is 2.06. The van der Waals surface area contributed by atoms with Gasteiger partial charge >= 0.3 is 0 Å². The van der Waals surface area contributed by atoms with Gasteiger partial charge in [0.1, 0.15) is 11.5 Å². The number of nitrogens with zero attached hydrogens (tertiary/aromatic N) is 2. The third-order valence-electron chi connectivity index (χ3n) is 2.78. The summed E-state index contributed by atoms with van der Waals surface area (Å²) in [5.41, 5.74) is 12.7. The monoisotopic (exact) mass is 256 g/mol. The molecule has 1 heterocycles. The number of nitrogens with two attached hydrogens (primary N) is 2. The van der Waals surface area contributed by atoms with Gasteiger partial charge < -0.3 is 11.5 Å². The molecule has 0 radical (unpaired) electrons. The predicted octanol–water partition coefficient (Wildman–Crippen LogP) is 0.688. The van der Waals surface area contributed by atoms with E-state index in [1.807, 2.05) is 30.3 Å². The zero-order valence-electron chi connectivity index (χ0n) is 10.5. The van der Waals surface area contributed by atoms with Gasteiger partial charge in [0.05, 0.1) is 12.6 Å². The summed E-state index contributed by atoms with van der Waals surface area (Å²) in [6, 6.07) is 10.6. The molecule has 1 unspecified atom stereocenters. The fourth-order valence-corrected chi connectivity index (χ4v) is 1.79. The molecule has 0 aliphatic heterocycles. The summed E-state index contributed by atoms with van der Waals surface area (Å²) >= 11 is 0. The van der Waals surface area contributed by atoms with Gasteiger partial charge in [-0.1, -0.05) is 30.3 Å². The van der Waals surface area contributed by atoms with E-state index in [2.05, 4.69) is 9.97 Å². The van der Waals surface area contributed by atoms with Crippen molar-refractivity contribution in [2.75, 3.05) is 0 Å². The van der Waals surface area contributed by atoms with Gasteiger partial charge in [0, 0.05) is 6.20 Å². The molecule has 2 aromatic rings. The summed E-state index contributed by atoms with van der Waals surface area (Å²) < 4.78 is 0. The molecule has 98 valence electrons. The molecule has 2 rings (SSSR count). The maximum Gasteiger partial charge on any atom is 0.198 e. The van der Waals surface area contributed by atoms with Gasteiger partial charge in [-0.05, 0) is 18.1 Å². The Morgan fingerprint density at radius 1 is 1.21 bits per heavy atom. The minimum Gasteiger partial charge on any atom is -0.324 e. The van der Waals surface area contributed by atoms with Crippen molar-refractivity contribution in [3.05, 3.63) is 59.7 Å². The Balaban J connectivity index is 2.10. The van der Waals surface area contributed by atoms with Crippen LogP contribution in [0.5, 0.6) is 0 Å². The zero-order valence-corrected chi connectivity index (χ0v) is 10.5. The van der Waals surface area contributed by atoms with E-state index in [0.717, 1.165) is 5.56 Å². The Labute approximate surface area is 111 Å². The summed E-state index contributed by atoms with van der Waals surface area (Å²) in [6.07, 6.45) is 2.01. The van der Waals surface area contributed by atoms with Gasteiger partial charge in [-0.3, -0.25) is 4.79 Å². The minimum atomic E-state index is -0.608. The Hall–Kier alpha value is -2.11. The predicted molar refractivity (Wildman–Crippen MR) is 72.4 cm³/mol. The first-order chi connectivity index (χ1) is 9.20. The third-order valence-corrected chi connectivity index (χ3v) is 2.78.